The minimum Gasteiger partial charge on any atom is -0.481 e. The lowest BCUT2D eigenvalue weighted by molar-refractivity contribution is -0.135. The van der Waals surface area contributed by atoms with Gasteiger partial charge in [-0.2, -0.15) is 0 Å². The van der Waals surface area contributed by atoms with Gasteiger partial charge in [0.1, 0.15) is 0 Å². The lowest BCUT2D eigenvalue weighted by Gasteiger charge is -2.00. The smallest absolute Gasteiger partial charge is 0.307 e. The number of rotatable bonds is 3. The van der Waals surface area contributed by atoms with Crippen LogP contribution in [-0.2, 0) is 4.79 Å². The Kier molecular flexibility index (Phi) is 3.46. The van der Waals surface area contributed by atoms with Crippen LogP contribution >= 0.6 is 0 Å². The second-order valence-corrected chi connectivity index (χ2v) is 3.36. The molecule has 0 radical (unpaired) electrons. The van der Waals surface area contributed by atoms with E-state index in [1.807, 2.05) is 38.1 Å². The molecule has 1 rings (SSSR count). The molecule has 1 aromatic carbocycles. The predicted molar refractivity (Wildman–Crippen MR) is 57.2 cm³/mol. The Balaban J connectivity index is 2.80. The van der Waals surface area contributed by atoms with Gasteiger partial charge in [0.25, 0.3) is 0 Å². The van der Waals surface area contributed by atoms with Crippen LogP contribution in [0.3, 0.4) is 0 Å². The van der Waals surface area contributed by atoms with E-state index in [0.717, 1.165) is 11.1 Å². The van der Waals surface area contributed by atoms with Gasteiger partial charge in [-0.05, 0) is 25.0 Å². The summed E-state index contributed by atoms with van der Waals surface area (Å²) in [6.07, 6.45) is 3.61. The number of hydrogen-bond donors (Lipinski definition) is 1. The molecule has 1 N–H and O–H groups in total. The number of carboxylic acid groups (broad SMARTS) is 1. The van der Waals surface area contributed by atoms with Crippen molar-refractivity contribution in [3.05, 3.63) is 41.0 Å². The molecule has 0 aliphatic heterocycles. The number of hydrogen-bond acceptors (Lipinski definition) is 1. The molecule has 0 bridgehead atoms. The van der Waals surface area contributed by atoms with Gasteiger partial charge in [0.05, 0.1) is 6.42 Å². The molecule has 74 valence electrons. The maximum absolute atomic E-state index is 10.3. The van der Waals surface area contributed by atoms with E-state index in [0.29, 0.717) is 0 Å². The minimum absolute atomic E-state index is 0.0768. The van der Waals surface area contributed by atoms with E-state index >= 15 is 0 Å². The zero-order chi connectivity index (χ0) is 10.6. The largest absolute Gasteiger partial charge is 0.481 e. The fourth-order valence-corrected chi connectivity index (χ4v) is 1.23. The van der Waals surface area contributed by atoms with E-state index in [1.54, 1.807) is 6.08 Å². The Morgan fingerprint density at radius 3 is 2.79 bits per heavy atom. The number of carboxylic acids is 1. The number of aryl methyl sites for hydroxylation is 2. The van der Waals surface area contributed by atoms with Crippen molar-refractivity contribution in [2.75, 3.05) is 0 Å². The van der Waals surface area contributed by atoms with Gasteiger partial charge in [-0.1, -0.05) is 35.9 Å². The van der Waals surface area contributed by atoms with Crippen molar-refractivity contribution >= 4 is 12.0 Å². The molecule has 2 nitrogen and oxygen atoms in total. The fraction of sp³-hybridized carbons (Fsp3) is 0.250. The molecule has 14 heavy (non-hydrogen) atoms. The van der Waals surface area contributed by atoms with Crippen LogP contribution in [0.2, 0.25) is 0 Å². The summed E-state index contributed by atoms with van der Waals surface area (Å²) >= 11 is 0. The van der Waals surface area contributed by atoms with Crippen LogP contribution in [0.5, 0.6) is 0 Å². The molecule has 0 spiro atoms. The normalized spacial score (nSPS) is 10.7. The van der Waals surface area contributed by atoms with Gasteiger partial charge >= 0.3 is 5.97 Å². The van der Waals surface area contributed by atoms with Gasteiger partial charge < -0.3 is 5.11 Å². The Hall–Kier alpha value is -1.57. The average Bonchev–Trinajstić information content (AvgIpc) is 2.10. The summed E-state index contributed by atoms with van der Waals surface area (Å²) in [5, 5.41) is 8.46. The molecule has 2 heteroatoms. The SMILES string of the molecule is Cc1ccc(C)c(/C=C/CC(=O)O)c1. The quantitative estimate of drug-likeness (QED) is 0.795. The number of aliphatic carboxylic acids is 1. The standard InChI is InChI=1S/C12H14O2/c1-9-6-7-10(2)11(8-9)4-3-5-12(13)14/h3-4,6-8H,5H2,1-2H3,(H,13,14)/b4-3+. The average molecular weight is 190 g/mol. The molecule has 0 saturated heterocycles. The highest BCUT2D eigenvalue weighted by molar-refractivity contribution is 5.70. The van der Waals surface area contributed by atoms with Crippen LogP contribution in [0.1, 0.15) is 23.1 Å². The van der Waals surface area contributed by atoms with Crippen molar-refractivity contribution in [3.8, 4) is 0 Å². The molecule has 0 heterocycles. The molecule has 0 fully saturated rings. The Morgan fingerprint density at radius 1 is 1.43 bits per heavy atom. The van der Waals surface area contributed by atoms with Crippen LogP contribution in [0.15, 0.2) is 24.3 Å². The van der Waals surface area contributed by atoms with Gasteiger partial charge in [-0.15, -0.1) is 0 Å². The zero-order valence-corrected chi connectivity index (χ0v) is 8.45. The van der Waals surface area contributed by atoms with Crippen molar-refractivity contribution in [2.45, 2.75) is 20.3 Å². The first-order valence-corrected chi connectivity index (χ1v) is 4.55. The third kappa shape index (κ3) is 3.05. The lowest BCUT2D eigenvalue weighted by Crippen LogP contribution is -1.90. The van der Waals surface area contributed by atoms with E-state index in [-0.39, 0.29) is 6.42 Å². The lowest BCUT2D eigenvalue weighted by atomic mass is 10.1. The monoisotopic (exact) mass is 190 g/mol. The molecule has 0 atom stereocenters. The maximum Gasteiger partial charge on any atom is 0.307 e. The Bertz CT molecular complexity index is 365. The predicted octanol–water partition coefficient (Wildman–Crippen LogP) is 2.79. The number of carbonyl (C=O) groups is 1. The second-order valence-electron chi connectivity index (χ2n) is 3.36. The maximum atomic E-state index is 10.3. The van der Waals surface area contributed by atoms with Gasteiger partial charge in [-0.25, -0.2) is 0 Å². The molecule has 0 aliphatic rings. The summed E-state index contributed by atoms with van der Waals surface area (Å²) in [7, 11) is 0. The summed E-state index contributed by atoms with van der Waals surface area (Å²) in [5.74, 6) is -0.799. The van der Waals surface area contributed by atoms with E-state index in [4.69, 9.17) is 5.11 Å². The Morgan fingerprint density at radius 2 is 2.14 bits per heavy atom. The van der Waals surface area contributed by atoms with Gasteiger partial charge in [0.15, 0.2) is 0 Å². The van der Waals surface area contributed by atoms with E-state index < -0.39 is 5.97 Å². The van der Waals surface area contributed by atoms with E-state index in [2.05, 4.69) is 0 Å². The van der Waals surface area contributed by atoms with Crippen molar-refractivity contribution in [2.24, 2.45) is 0 Å². The Labute approximate surface area is 83.9 Å². The summed E-state index contributed by atoms with van der Waals surface area (Å²) in [5.41, 5.74) is 3.44. The van der Waals surface area contributed by atoms with Crippen LogP contribution < -0.4 is 0 Å². The van der Waals surface area contributed by atoms with Crippen molar-refractivity contribution < 1.29 is 9.90 Å². The van der Waals surface area contributed by atoms with Crippen molar-refractivity contribution in [3.63, 3.8) is 0 Å². The molecule has 0 aromatic heterocycles. The molecule has 0 saturated carbocycles. The first kappa shape index (κ1) is 10.5. The molecular weight excluding hydrogens is 176 g/mol. The fourth-order valence-electron chi connectivity index (χ4n) is 1.23. The highest BCUT2D eigenvalue weighted by Gasteiger charge is 1.95. The van der Waals surface area contributed by atoms with E-state index in [9.17, 15) is 4.79 Å². The molecule has 0 unspecified atom stereocenters. The molecule has 0 amide bonds. The molecular formula is C12H14O2. The van der Waals surface area contributed by atoms with Crippen LogP contribution in [0.25, 0.3) is 6.08 Å². The minimum atomic E-state index is -0.799. The second kappa shape index (κ2) is 4.61. The van der Waals surface area contributed by atoms with Gasteiger partial charge in [0, 0.05) is 0 Å². The topological polar surface area (TPSA) is 37.3 Å². The zero-order valence-electron chi connectivity index (χ0n) is 8.45. The number of benzene rings is 1. The van der Waals surface area contributed by atoms with E-state index in [1.165, 1.54) is 5.56 Å². The van der Waals surface area contributed by atoms with Gasteiger partial charge in [0.2, 0.25) is 0 Å². The first-order valence-electron chi connectivity index (χ1n) is 4.55. The van der Waals surface area contributed by atoms with Gasteiger partial charge in [-0.3, -0.25) is 4.79 Å². The third-order valence-electron chi connectivity index (χ3n) is 2.02. The molecule has 0 aliphatic carbocycles. The summed E-state index contributed by atoms with van der Waals surface area (Å²) < 4.78 is 0. The molecule has 1 aromatic rings. The summed E-state index contributed by atoms with van der Waals surface area (Å²) in [6.45, 7) is 4.04. The van der Waals surface area contributed by atoms with Crippen molar-refractivity contribution in [1.82, 2.24) is 0 Å². The van der Waals surface area contributed by atoms with Crippen molar-refractivity contribution in [1.29, 1.82) is 0 Å². The third-order valence-corrected chi connectivity index (χ3v) is 2.02. The highest BCUT2D eigenvalue weighted by Crippen LogP contribution is 2.12. The van der Waals surface area contributed by atoms with Crippen LogP contribution in [0, 0.1) is 13.8 Å². The first-order chi connectivity index (χ1) is 6.59. The summed E-state index contributed by atoms with van der Waals surface area (Å²) in [4.78, 5) is 10.3. The highest BCUT2D eigenvalue weighted by atomic mass is 16.4. The van der Waals surface area contributed by atoms with Crippen LogP contribution in [-0.4, -0.2) is 11.1 Å². The summed E-state index contributed by atoms with van der Waals surface area (Å²) in [6, 6.07) is 6.13. The van der Waals surface area contributed by atoms with Crippen LogP contribution in [0.4, 0.5) is 0 Å².